The Kier molecular flexibility index (Phi) is 5.22. The number of hydrogen-bond donors (Lipinski definition) is 0. The first kappa shape index (κ1) is 20.6. The van der Waals surface area contributed by atoms with Crippen LogP contribution in [0.25, 0.3) is 0 Å². The number of amides is 4. The summed E-state index contributed by atoms with van der Waals surface area (Å²) >= 11 is 0. The number of fused-ring (bicyclic) bond motifs is 1. The van der Waals surface area contributed by atoms with E-state index in [0.717, 1.165) is 4.90 Å². The fraction of sp³-hybridized carbons (Fsp3) is 0.154. The van der Waals surface area contributed by atoms with Crippen LogP contribution in [0.4, 0.5) is 5.69 Å². The third-order valence-corrected chi connectivity index (χ3v) is 6.04. The van der Waals surface area contributed by atoms with E-state index >= 15 is 0 Å². The zero-order chi connectivity index (χ0) is 22.9. The van der Waals surface area contributed by atoms with Gasteiger partial charge in [-0.15, -0.1) is 0 Å². The van der Waals surface area contributed by atoms with Crippen molar-refractivity contribution in [3.8, 4) is 0 Å². The summed E-state index contributed by atoms with van der Waals surface area (Å²) < 4.78 is 0. The molecule has 3 aromatic rings. The van der Waals surface area contributed by atoms with E-state index in [1.807, 2.05) is 18.2 Å². The van der Waals surface area contributed by atoms with E-state index in [9.17, 15) is 19.2 Å². The van der Waals surface area contributed by atoms with Crippen LogP contribution in [-0.2, 0) is 0 Å². The van der Waals surface area contributed by atoms with Crippen LogP contribution in [0.15, 0.2) is 78.9 Å². The quantitative estimate of drug-likeness (QED) is 0.588. The Hall–Kier alpha value is -4.26. The van der Waals surface area contributed by atoms with Crippen LogP contribution in [0.5, 0.6) is 0 Å². The van der Waals surface area contributed by atoms with E-state index in [0.29, 0.717) is 42.9 Å². The fourth-order valence-electron chi connectivity index (χ4n) is 4.30. The molecular formula is C26H21N3O4. The van der Waals surface area contributed by atoms with Crippen molar-refractivity contribution in [1.82, 2.24) is 9.80 Å². The number of nitrogens with zero attached hydrogens (tertiary/aromatic N) is 3. The van der Waals surface area contributed by atoms with Crippen LogP contribution in [0.2, 0.25) is 0 Å². The van der Waals surface area contributed by atoms with Crippen molar-refractivity contribution >= 4 is 29.3 Å². The normalized spacial score (nSPS) is 15.6. The Morgan fingerprint density at radius 3 is 1.67 bits per heavy atom. The van der Waals surface area contributed by atoms with Gasteiger partial charge >= 0.3 is 0 Å². The van der Waals surface area contributed by atoms with Crippen molar-refractivity contribution in [3.63, 3.8) is 0 Å². The molecule has 0 saturated carbocycles. The molecule has 0 aliphatic carbocycles. The summed E-state index contributed by atoms with van der Waals surface area (Å²) in [5, 5.41) is 0. The van der Waals surface area contributed by atoms with Gasteiger partial charge in [0.1, 0.15) is 0 Å². The van der Waals surface area contributed by atoms with Gasteiger partial charge in [0.15, 0.2) is 0 Å². The van der Waals surface area contributed by atoms with Crippen molar-refractivity contribution < 1.29 is 19.2 Å². The van der Waals surface area contributed by atoms with Gasteiger partial charge in [-0.2, -0.15) is 0 Å². The number of para-hydroxylation sites is 1. The molecule has 33 heavy (non-hydrogen) atoms. The van der Waals surface area contributed by atoms with Crippen LogP contribution >= 0.6 is 0 Å². The molecule has 0 atom stereocenters. The average Bonchev–Trinajstić information content (AvgIpc) is 3.13. The third kappa shape index (κ3) is 3.57. The monoisotopic (exact) mass is 439 g/mol. The highest BCUT2D eigenvalue weighted by Gasteiger charge is 2.38. The maximum atomic E-state index is 13.4. The summed E-state index contributed by atoms with van der Waals surface area (Å²) in [6, 6.07) is 22.4. The second kappa shape index (κ2) is 8.35. The molecule has 5 rings (SSSR count). The number of imide groups is 1. The van der Waals surface area contributed by atoms with Crippen molar-refractivity contribution in [1.29, 1.82) is 0 Å². The molecule has 7 nitrogen and oxygen atoms in total. The maximum Gasteiger partial charge on any atom is 0.266 e. The molecule has 2 heterocycles. The topological polar surface area (TPSA) is 78.0 Å². The minimum atomic E-state index is -0.436. The number of benzene rings is 3. The summed E-state index contributed by atoms with van der Waals surface area (Å²) in [5.74, 6) is -1.20. The van der Waals surface area contributed by atoms with Gasteiger partial charge in [0.2, 0.25) is 0 Å². The summed E-state index contributed by atoms with van der Waals surface area (Å²) in [7, 11) is 0. The first-order valence-corrected chi connectivity index (χ1v) is 10.8. The van der Waals surface area contributed by atoms with Gasteiger partial charge in [-0.3, -0.25) is 19.2 Å². The first-order valence-electron chi connectivity index (χ1n) is 10.8. The van der Waals surface area contributed by atoms with Crippen molar-refractivity contribution in [2.24, 2.45) is 0 Å². The van der Waals surface area contributed by atoms with Crippen molar-refractivity contribution in [2.45, 2.75) is 0 Å². The number of carbonyl (C=O) groups is 4. The largest absolute Gasteiger partial charge is 0.335 e. The lowest BCUT2D eigenvalue weighted by Gasteiger charge is -2.35. The van der Waals surface area contributed by atoms with E-state index in [1.54, 1.807) is 70.5 Å². The van der Waals surface area contributed by atoms with E-state index in [1.165, 1.54) is 0 Å². The van der Waals surface area contributed by atoms with Gasteiger partial charge < -0.3 is 9.80 Å². The molecule has 3 aromatic carbocycles. The molecule has 4 amide bonds. The molecule has 0 spiro atoms. The van der Waals surface area contributed by atoms with Crippen LogP contribution in [0, 0.1) is 0 Å². The summed E-state index contributed by atoms with van der Waals surface area (Å²) in [4.78, 5) is 56.4. The number of rotatable bonds is 3. The lowest BCUT2D eigenvalue weighted by atomic mass is 10.1. The Morgan fingerprint density at radius 1 is 0.576 bits per heavy atom. The van der Waals surface area contributed by atoms with Crippen LogP contribution in [0.3, 0.4) is 0 Å². The lowest BCUT2D eigenvalue weighted by Crippen LogP contribution is -2.50. The van der Waals surface area contributed by atoms with Gasteiger partial charge in [0, 0.05) is 31.7 Å². The lowest BCUT2D eigenvalue weighted by molar-refractivity contribution is 0.0535. The molecule has 0 radical (unpaired) electrons. The SMILES string of the molecule is O=C(c1ccccc1)N1CCN(C(=O)c2ccccc2N2C(=O)c3ccccc3C2=O)CC1. The maximum absolute atomic E-state index is 13.4. The molecule has 1 fully saturated rings. The summed E-state index contributed by atoms with van der Waals surface area (Å²) in [6.07, 6.45) is 0. The smallest absolute Gasteiger partial charge is 0.266 e. The Bertz CT molecular complexity index is 1230. The molecular weight excluding hydrogens is 418 g/mol. The Balaban J connectivity index is 1.35. The van der Waals surface area contributed by atoms with Gasteiger partial charge in [0.25, 0.3) is 23.6 Å². The number of anilines is 1. The second-order valence-electron chi connectivity index (χ2n) is 7.96. The van der Waals surface area contributed by atoms with Crippen LogP contribution < -0.4 is 4.90 Å². The molecule has 0 aromatic heterocycles. The highest BCUT2D eigenvalue weighted by molar-refractivity contribution is 6.35. The average molecular weight is 439 g/mol. The van der Waals surface area contributed by atoms with Crippen molar-refractivity contribution in [2.75, 3.05) is 31.1 Å². The molecule has 0 bridgehead atoms. The zero-order valence-electron chi connectivity index (χ0n) is 17.8. The Morgan fingerprint density at radius 2 is 1.06 bits per heavy atom. The summed E-state index contributed by atoms with van der Waals surface area (Å²) in [5.41, 5.74) is 1.84. The molecule has 7 heteroatoms. The Labute approximate surface area is 190 Å². The van der Waals surface area contributed by atoms with Crippen LogP contribution in [-0.4, -0.2) is 59.6 Å². The number of piperazine rings is 1. The molecule has 0 unspecified atom stereocenters. The van der Waals surface area contributed by atoms with Gasteiger partial charge in [-0.1, -0.05) is 42.5 Å². The number of carbonyl (C=O) groups excluding carboxylic acids is 4. The third-order valence-electron chi connectivity index (χ3n) is 6.04. The molecule has 2 aliphatic rings. The summed E-state index contributed by atoms with van der Waals surface area (Å²) in [6.45, 7) is 1.56. The predicted octanol–water partition coefficient (Wildman–Crippen LogP) is 3.09. The molecule has 164 valence electrons. The van der Waals surface area contributed by atoms with Crippen LogP contribution in [0.1, 0.15) is 41.4 Å². The minimum Gasteiger partial charge on any atom is -0.335 e. The fourth-order valence-corrected chi connectivity index (χ4v) is 4.30. The highest BCUT2D eigenvalue weighted by atomic mass is 16.2. The van der Waals surface area contributed by atoms with Crippen molar-refractivity contribution in [3.05, 3.63) is 101 Å². The number of hydrogen-bond acceptors (Lipinski definition) is 4. The van der Waals surface area contributed by atoms with E-state index in [4.69, 9.17) is 0 Å². The van der Waals surface area contributed by atoms with E-state index < -0.39 is 11.8 Å². The molecule has 2 aliphatic heterocycles. The zero-order valence-corrected chi connectivity index (χ0v) is 17.8. The van der Waals surface area contributed by atoms with Gasteiger partial charge in [-0.25, -0.2) is 4.90 Å². The van der Waals surface area contributed by atoms with Gasteiger partial charge in [0.05, 0.1) is 22.4 Å². The van der Waals surface area contributed by atoms with Gasteiger partial charge in [-0.05, 0) is 36.4 Å². The minimum absolute atomic E-state index is 0.0610. The second-order valence-corrected chi connectivity index (χ2v) is 7.96. The predicted molar refractivity (Wildman–Crippen MR) is 122 cm³/mol. The van der Waals surface area contributed by atoms with E-state index in [-0.39, 0.29) is 23.1 Å². The standard InChI is InChI=1S/C26H21N3O4/c30-23(18-8-2-1-3-9-18)27-14-16-28(17-15-27)24(31)21-12-6-7-13-22(21)29-25(32)19-10-4-5-11-20(19)26(29)33/h1-13H,14-17H2. The molecule has 0 N–H and O–H groups in total. The molecule has 1 saturated heterocycles. The van der Waals surface area contributed by atoms with E-state index in [2.05, 4.69) is 0 Å². The highest BCUT2D eigenvalue weighted by Crippen LogP contribution is 2.31. The first-order chi connectivity index (χ1) is 16.1.